The first-order valence-corrected chi connectivity index (χ1v) is 16.6. The van der Waals surface area contributed by atoms with E-state index in [1.165, 1.54) is 34.0 Å². The molecule has 0 aliphatic carbocycles. The molecule has 3 aliphatic rings. The average molecular weight is 614 g/mol. The van der Waals surface area contributed by atoms with E-state index in [2.05, 4.69) is 61.9 Å². The van der Waals surface area contributed by atoms with Gasteiger partial charge in [-0.3, -0.25) is 9.69 Å². The Morgan fingerprint density at radius 1 is 1.02 bits per heavy atom. The van der Waals surface area contributed by atoms with Gasteiger partial charge in [0.25, 0.3) is 5.91 Å². The maximum absolute atomic E-state index is 12.0. The zero-order valence-electron chi connectivity index (χ0n) is 26.2. The minimum absolute atomic E-state index is 0.147. The van der Waals surface area contributed by atoms with Gasteiger partial charge in [-0.1, -0.05) is 54.2 Å². The highest BCUT2D eigenvalue weighted by Crippen LogP contribution is 2.44. The lowest BCUT2D eigenvalue weighted by Crippen LogP contribution is -2.50. The molecular weight excluding hydrogens is 570 g/mol. The van der Waals surface area contributed by atoms with E-state index < -0.39 is 0 Å². The number of ether oxygens (including phenoxy) is 3. The van der Waals surface area contributed by atoms with Crippen LogP contribution < -0.4 is 19.9 Å². The first-order valence-electron chi connectivity index (χ1n) is 15.7. The quantitative estimate of drug-likeness (QED) is 0.287. The number of likely N-dealkylation sites (tertiary alicyclic amines) is 1. The standard InChI is InChI=1S/C36H43N3O4S/c1-23-24(2)33-30(25(3)32(23)42-20-27-9-6-5-7-10-27)16-17-36(4,43-33)22-39-18-8-11-28(39)21-41-29-14-12-26(13-15-29)19-31-34(40)38-35(37)44-31/h5-7,9-10,12-15,28,31H,8,11,16-22H2,1-4H3,(H2,37,38,40)/t28-,31?,36?/m0/s1. The topological polar surface area (TPSA) is 86.4 Å². The Balaban J connectivity index is 1.06. The van der Waals surface area contributed by atoms with Gasteiger partial charge in [0, 0.05) is 18.2 Å². The Hall–Kier alpha value is -3.49. The molecule has 1 saturated heterocycles. The zero-order valence-corrected chi connectivity index (χ0v) is 27.0. The van der Waals surface area contributed by atoms with Crippen molar-refractivity contribution in [1.82, 2.24) is 4.90 Å². The number of hydrogen-bond donors (Lipinski definition) is 1. The van der Waals surface area contributed by atoms with Gasteiger partial charge in [-0.2, -0.15) is 4.99 Å². The summed E-state index contributed by atoms with van der Waals surface area (Å²) in [6, 6.07) is 18.7. The highest BCUT2D eigenvalue weighted by atomic mass is 32.2. The number of nitrogens with two attached hydrogens (primary N) is 1. The third-order valence-corrected chi connectivity index (χ3v) is 10.4. The smallest absolute Gasteiger partial charge is 0.261 e. The second-order valence-corrected chi connectivity index (χ2v) is 13.9. The minimum Gasteiger partial charge on any atom is -0.492 e. The van der Waals surface area contributed by atoms with Crippen molar-refractivity contribution < 1.29 is 19.0 Å². The number of carbonyl (C=O) groups excluding carboxylic acids is 1. The molecule has 6 rings (SSSR count). The van der Waals surface area contributed by atoms with E-state index in [1.54, 1.807) is 0 Å². The molecule has 0 bridgehead atoms. The Labute approximate surface area is 265 Å². The molecular formula is C36H43N3O4S. The van der Waals surface area contributed by atoms with Gasteiger partial charge in [-0.05, 0) is 106 Å². The van der Waals surface area contributed by atoms with Gasteiger partial charge in [0.05, 0.1) is 5.25 Å². The highest BCUT2D eigenvalue weighted by Gasteiger charge is 2.39. The van der Waals surface area contributed by atoms with Crippen LogP contribution in [0.5, 0.6) is 17.2 Å². The Morgan fingerprint density at radius 2 is 1.80 bits per heavy atom. The fourth-order valence-corrected chi connectivity index (χ4v) is 7.58. The van der Waals surface area contributed by atoms with Gasteiger partial charge in [0.2, 0.25) is 0 Å². The van der Waals surface area contributed by atoms with Crippen molar-refractivity contribution in [2.75, 3.05) is 19.7 Å². The number of carbonyl (C=O) groups is 1. The lowest BCUT2D eigenvalue weighted by molar-refractivity contribution is -0.117. The number of benzene rings is 3. The van der Waals surface area contributed by atoms with Crippen molar-refractivity contribution in [3.8, 4) is 17.2 Å². The summed E-state index contributed by atoms with van der Waals surface area (Å²) in [4.78, 5) is 18.3. The molecule has 1 amide bonds. The van der Waals surface area contributed by atoms with E-state index in [-0.39, 0.29) is 16.8 Å². The molecule has 0 aromatic heterocycles. The summed E-state index contributed by atoms with van der Waals surface area (Å²) in [6.45, 7) is 11.9. The molecule has 3 aliphatic heterocycles. The molecule has 8 heteroatoms. The maximum atomic E-state index is 12.0. The van der Waals surface area contributed by atoms with Crippen LogP contribution in [0.15, 0.2) is 59.6 Å². The Morgan fingerprint density at radius 3 is 2.52 bits per heavy atom. The molecule has 44 heavy (non-hydrogen) atoms. The molecule has 0 radical (unpaired) electrons. The molecule has 2 unspecified atom stereocenters. The van der Waals surface area contributed by atoms with Gasteiger partial charge in [-0.15, -0.1) is 0 Å². The van der Waals surface area contributed by atoms with Crippen LogP contribution in [-0.2, 0) is 24.2 Å². The van der Waals surface area contributed by atoms with Crippen LogP contribution in [0.25, 0.3) is 0 Å². The number of nitrogens with zero attached hydrogens (tertiary/aromatic N) is 2. The summed E-state index contributed by atoms with van der Waals surface area (Å²) in [5.41, 5.74) is 12.5. The van der Waals surface area contributed by atoms with Gasteiger partial charge in [-0.25, -0.2) is 0 Å². The van der Waals surface area contributed by atoms with Crippen LogP contribution >= 0.6 is 11.8 Å². The first-order chi connectivity index (χ1) is 21.2. The number of aliphatic imine (C=N–C) groups is 1. The predicted molar refractivity (Wildman–Crippen MR) is 177 cm³/mol. The van der Waals surface area contributed by atoms with Crippen LogP contribution in [0.4, 0.5) is 0 Å². The molecule has 7 nitrogen and oxygen atoms in total. The molecule has 3 atom stereocenters. The summed E-state index contributed by atoms with van der Waals surface area (Å²) in [6.07, 6.45) is 4.84. The van der Waals surface area contributed by atoms with Gasteiger partial charge < -0.3 is 19.9 Å². The van der Waals surface area contributed by atoms with E-state index in [0.29, 0.717) is 30.8 Å². The molecule has 3 aromatic carbocycles. The van der Waals surface area contributed by atoms with Crippen molar-refractivity contribution in [2.24, 2.45) is 10.7 Å². The first kappa shape index (κ1) is 30.5. The molecule has 2 N–H and O–H groups in total. The lowest BCUT2D eigenvalue weighted by Gasteiger charge is -2.41. The molecule has 3 aromatic rings. The van der Waals surface area contributed by atoms with Crippen LogP contribution in [0, 0.1) is 20.8 Å². The van der Waals surface area contributed by atoms with E-state index in [9.17, 15) is 4.79 Å². The van der Waals surface area contributed by atoms with Crippen LogP contribution in [-0.4, -0.2) is 52.6 Å². The van der Waals surface area contributed by atoms with Crippen molar-refractivity contribution in [3.05, 3.63) is 88.0 Å². The van der Waals surface area contributed by atoms with Crippen molar-refractivity contribution in [3.63, 3.8) is 0 Å². The molecule has 232 valence electrons. The summed E-state index contributed by atoms with van der Waals surface area (Å²) < 4.78 is 19.6. The second-order valence-electron chi connectivity index (χ2n) is 12.7. The van der Waals surface area contributed by atoms with Crippen molar-refractivity contribution in [2.45, 2.75) is 83.3 Å². The molecule has 3 heterocycles. The highest BCUT2D eigenvalue weighted by molar-refractivity contribution is 8.15. The summed E-state index contributed by atoms with van der Waals surface area (Å²) in [7, 11) is 0. The molecule has 0 saturated carbocycles. The summed E-state index contributed by atoms with van der Waals surface area (Å²) >= 11 is 1.34. The number of rotatable bonds is 10. The van der Waals surface area contributed by atoms with Crippen LogP contribution in [0.1, 0.15) is 59.6 Å². The zero-order chi connectivity index (χ0) is 30.8. The molecule has 1 fully saturated rings. The monoisotopic (exact) mass is 613 g/mol. The number of hydrogen-bond acceptors (Lipinski definition) is 7. The average Bonchev–Trinajstić information content (AvgIpc) is 3.59. The van der Waals surface area contributed by atoms with E-state index >= 15 is 0 Å². The second kappa shape index (κ2) is 12.9. The van der Waals surface area contributed by atoms with Gasteiger partial charge >= 0.3 is 0 Å². The number of amides is 1. The lowest BCUT2D eigenvalue weighted by atomic mass is 9.86. The van der Waals surface area contributed by atoms with E-state index in [0.717, 1.165) is 67.1 Å². The number of amidine groups is 1. The van der Waals surface area contributed by atoms with E-state index in [4.69, 9.17) is 19.9 Å². The molecule has 0 spiro atoms. The van der Waals surface area contributed by atoms with Crippen LogP contribution in [0.3, 0.4) is 0 Å². The summed E-state index contributed by atoms with van der Waals surface area (Å²) in [5.74, 6) is 2.74. The van der Waals surface area contributed by atoms with E-state index in [1.807, 2.05) is 30.3 Å². The van der Waals surface area contributed by atoms with Crippen LogP contribution in [0.2, 0.25) is 0 Å². The normalized spacial score (nSPS) is 23.3. The number of fused-ring (bicyclic) bond motifs is 1. The number of thioether (sulfide) groups is 1. The fraction of sp³-hybridized carbons (Fsp3) is 0.444. The maximum Gasteiger partial charge on any atom is 0.261 e. The van der Waals surface area contributed by atoms with Crippen molar-refractivity contribution >= 4 is 22.8 Å². The minimum atomic E-state index is -0.268. The fourth-order valence-electron chi connectivity index (χ4n) is 6.72. The van der Waals surface area contributed by atoms with Gasteiger partial charge in [0.1, 0.15) is 36.1 Å². The van der Waals surface area contributed by atoms with Crippen molar-refractivity contribution in [1.29, 1.82) is 0 Å². The Kier molecular flexibility index (Phi) is 8.92. The third-order valence-electron chi connectivity index (χ3n) is 9.37. The Bertz CT molecular complexity index is 1540. The largest absolute Gasteiger partial charge is 0.492 e. The van der Waals surface area contributed by atoms with Gasteiger partial charge in [0.15, 0.2) is 5.17 Å². The predicted octanol–water partition coefficient (Wildman–Crippen LogP) is 6.32. The SMILES string of the molecule is Cc1c(C)c2c(c(C)c1OCc1ccccc1)CCC(C)(CN1CCC[C@H]1COc1ccc(CC3SC(N)=NC3=O)cc1)O2. The third kappa shape index (κ3) is 6.61. The summed E-state index contributed by atoms with van der Waals surface area (Å²) in [5, 5.41) is 0.132.